The summed E-state index contributed by atoms with van der Waals surface area (Å²) in [6.07, 6.45) is 3.22. The maximum Gasteiger partial charge on any atom is 0.196 e. The van der Waals surface area contributed by atoms with Crippen molar-refractivity contribution in [3.63, 3.8) is 0 Å². The van der Waals surface area contributed by atoms with Gasteiger partial charge in [0.15, 0.2) is 5.43 Å². The third-order valence-electron chi connectivity index (χ3n) is 1.35. The summed E-state index contributed by atoms with van der Waals surface area (Å²) in [5, 5.41) is 1.62. The summed E-state index contributed by atoms with van der Waals surface area (Å²) in [5.74, 6) is 0. The zero-order chi connectivity index (χ0) is 8.97. The van der Waals surface area contributed by atoms with Gasteiger partial charge in [0.05, 0.1) is 10.6 Å². The first-order valence-electron chi connectivity index (χ1n) is 3.41. The predicted octanol–water partition coefficient (Wildman–Crippen LogP) is 2.25. The normalized spacial score (nSPS) is 9.33. The summed E-state index contributed by atoms with van der Waals surface area (Å²) in [6.45, 7) is 7.15. The molecule has 0 aliphatic carbocycles. The smallest absolute Gasteiger partial charge is 0.196 e. The monoisotopic (exact) mass is 179 g/mol. The minimum atomic E-state index is -0.00597. The van der Waals surface area contributed by atoms with E-state index in [1.807, 2.05) is 0 Å². The summed E-state index contributed by atoms with van der Waals surface area (Å²) >= 11 is 1.30. The molecular formula is C9H9NOS. The van der Waals surface area contributed by atoms with Gasteiger partial charge in [-0.3, -0.25) is 4.79 Å². The topological polar surface area (TPSA) is 32.9 Å². The van der Waals surface area contributed by atoms with Gasteiger partial charge in [-0.2, -0.15) is 0 Å². The summed E-state index contributed by atoms with van der Waals surface area (Å²) in [7, 11) is 0. The highest BCUT2D eigenvalue weighted by Gasteiger charge is 2.01. The number of thioether (sulfide) groups is 1. The van der Waals surface area contributed by atoms with E-state index in [4.69, 9.17) is 0 Å². The van der Waals surface area contributed by atoms with Crippen molar-refractivity contribution < 1.29 is 0 Å². The zero-order valence-electron chi connectivity index (χ0n) is 6.54. The summed E-state index contributed by atoms with van der Waals surface area (Å²) in [5.41, 5.74) is 0.737. The van der Waals surface area contributed by atoms with Gasteiger partial charge in [0.25, 0.3) is 0 Å². The molecule has 0 saturated heterocycles. The van der Waals surface area contributed by atoms with Crippen molar-refractivity contribution in [3.8, 4) is 0 Å². The fraction of sp³-hybridized carbons (Fsp3) is 0. The van der Waals surface area contributed by atoms with E-state index in [9.17, 15) is 4.79 Å². The number of aromatic amines is 1. The largest absolute Gasteiger partial charge is 0.361 e. The highest BCUT2D eigenvalue weighted by Crippen LogP contribution is 2.17. The first-order valence-corrected chi connectivity index (χ1v) is 4.29. The zero-order valence-corrected chi connectivity index (χ0v) is 7.36. The number of hydrogen-bond donors (Lipinski definition) is 1. The molecule has 1 N–H and O–H groups in total. The van der Waals surface area contributed by atoms with E-state index in [0.29, 0.717) is 4.90 Å². The van der Waals surface area contributed by atoms with Crippen LogP contribution in [0.25, 0.3) is 6.08 Å². The Labute approximate surface area is 75.0 Å². The molecule has 0 fully saturated rings. The lowest BCUT2D eigenvalue weighted by atomic mass is 10.3. The lowest BCUT2D eigenvalue weighted by Gasteiger charge is -1.99. The number of pyridine rings is 1. The number of nitrogens with one attached hydrogen (secondary N) is 1. The average molecular weight is 179 g/mol. The third kappa shape index (κ3) is 1.68. The fourth-order valence-electron chi connectivity index (χ4n) is 0.838. The standard InChI is InChI=1S/C9H9NOS/c1-3-7-9(12-4-2)8(11)5-6-10-7/h3-6H,1-2H2,(H,10,11). The maximum atomic E-state index is 11.3. The number of H-pyrrole nitrogens is 1. The SMILES string of the molecule is C=CSc1c(C=C)[nH]ccc1=O. The Kier molecular flexibility index (Phi) is 2.94. The molecule has 1 rings (SSSR count). The van der Waals surface area contributed by atoms with Crippen LogP contribution >= 0.6 is 11.8 Å². The molecule has 1 heterocycles. The van der Waals surface area contributed by atoms with E-state index in [-0.39, 0.29) is 5.43 Å². The van der Waals surface area contributed by atoms with Crippen LogP contribution < -0.4 is 5.43 Å². The molecule has 0 aliphatic heterocycles. The van der Waals surface area contributed by atoms with Crippen LogP contribution in [-0.2, 0) is 0 Å². The van der Waals surface area contributed by atoms with Gasteiger partial charge in [0, 0.05) is 12.3 Å². The second kappa shape index (κ2) is 3.97. The molecule has 1 aromatic rings. The molecule has 0 aromatic carbocycles. The van der Waals surface area contributed by atoms with Gasteiger partial charge in [-0.1, -0.05) is 24.9 Å². The van der Waals surface area contributed by atoms with Crippen LogP contribution in [0.4, 0.5) is 0 Å². The summed E-state index contributed by atoms with van der Waals surface area (Å²) < 4.78 is 0. The maximum absolute atomic E-state index is 11.3. The van der Waals surface area contributed by atoms with E-state index in [1.54, 1.807) is 17.7 Å². The van der Waals surface area contributed by atoms with Crippen molar-refractivity contribution in [2.24, 2.45) is 0 Å². The van der Waals surface area contributed by atoms with Crippen LogP contribution in [0.2, 0.25) is 0 Å². The van der Waals surface area contributed by atoms with Crippen LogP contribution in [0.3, 0.4) is 0 Å². The van der Waals surface area contributed by atoms with Gasteiger partial charge >= 0.3 is 0 Å². The molecule has 1 aromatic heterocycles. The van der Waals surface area contributed by atoms with E-state index in [0.717, 1.165) is 5.69 Å². The molecule has 3 heteroatoms. The van der Waals surface area contributed by atoms with Gasteiger partial charge in [-0.15, -0.1) is 0 Å². The third-order valence-corrected chi connectivity index (χ3v) is 2.17. The van der Waals surface area contributed by atoms with Crippen LogP contribution in [0.15, 0.2) is 40.5 Å². The summed E-state index contributed by atoms with van der Waals surface area (Å²) in [4.78, 5) is 14.8. The molecule has 0 saturated carbocycles. The average Bonchev–Trinajstić information content (AvgIpc) is 2.09. The van der Waals surface area contributed by atoms with Crippen LogP contribution in [0, 0.1) is 0 Å². The Morgan fingerprint density at radius 1 is 1.50 bits per heavy atom. The van der Waals surface area contributed by atoms with Crippen molar-refractivity contribution in [1.29, 1.82) is 0 Å². The van der Waals surface area contributed by atoms with Gasteiger partial charge in [-0.25, -0.2) is 0 Å². The highest BCUT2D eigenvalue weighted by atomic mass is 32.2. The van der Waals surface area contributed by atoms with E-state index < -0.39 is 0 Å². The molecule has 0 aliphatic rings. The van der Waals surface area contributed by atoms with Crippen molar-refractivity contribution in [2.75, 3.05) is 0 Å². The minimum absolute atomic E-state index is 0.00597. The van der Waals surface area contributed by atoms with Crippen molar-refractivity contribution in [1.82, 2.24) is 4.98 Å². The number of aromatic nitrogens is 1. The Balaban J connectivity index is 3.28. The van der Waals surface area contributed by atoms with Gasteiger partial charge in [0.1, 0.15) is 0 Å². The number of rotatable bonds is 3. The van der Waals surface area contributed by atoms with E-state index >= 15 is 0 Å². The second-order valence-electron chi connectivity index (χ2n) is 2.07. The molecule has 62 valence electrons. The van der Waals surface area contributed by atoms with Crippen LogP contribution in [0.1, 0.15) is 5.69 Å². The molecule has 0 amide bonds. The molecule has 12 heavy (non-hydrogen) atoms. The van der Waals surface area contributed by atoms with E-state index in [2.05, 4.69) is 18.1 Å². The number of hydrogen-bond acceptors (Lipinski definition) is 2. The first-order chi connectivity index (χ1) is 5.79. The Morgan fingerprint density at radius 3 is 2.83 bits per heavy atom. The van der Waals surface area contributed by atoms with Crippen molar-refractivity contribution >= 4 is 17.8 Å². The molecular weight excluding hydrogens is 170 g/mol. The fourth-order valence-corrected chi connectivity index (χ4v) is 1.46. The molecule has 0 radical (unpaired) electrons. The van der Waals surface area contributed by atoms with Crippen molar-refractivity contribution in [3.05, 3.63) is 46.7 Å². The molecule has 2 nitrogen and oxygen atoms in total. The van der Waals surface area contributed by atoms with Gasteiger partial charge in [0.2, 0.25) is 0 Å². The molecule has 0 unspecified atom stereocenters. The lowest BCUT2D eigenvalue weighted by Crippen LogP contribution is -2.04. The minimum Gasteiger partial charge on any atom is -0.361 e. The summed E-state index contributed by atoms with van der Waals surface area (Å²) in [6, 6.07) is 1.48. The lowest BCUT2D eigenvalue weighted by molar-refractivity contribution is 1.17. The van der Waals surface area contributed by atoms with Crippen molar-refractivity contribution in [2.45, 2.75) is 4.90 Å². The van der Waals surface area contributed by atoms with Gasteiger partial charge < -0.3 is 4.98 Å². The first kappa shape index (κ1) is 8.87. The highest BCUT2D eigenvalue weighted by molar-refractivity contribution is 8.02. The van der Waals surface area contributed by atoms with Gasteiger partial charge in [-0.05, 0) is 11.5 Å². The van der Waals surface area contributed by atoms with Crippen LogP contribution in [0.5, 0.6) is 0 Å². The Morgan fingerprint density at radius 2 is 2.25 bits per heavy atom. The Bertz CT molecular complexity index is 354. The van der Waals surface area contributed by atoms with E-state index in [1.165, 1.54) is 17.8 Å². The van der Waals surface area contributed by atoms with Crippen LogP contribution in [-0.4, -0.2) is 4.98 Å². The molecule has 0 spiro atoms. The predicted molar refractivity (Wildman–Crippen MR) is 53.2 cm³/mol. The Hall–Kier alpha value is -1.22. The quantitative estimate of drug-likeness (QED) is 0.722. The molecule has 0 bridgehead atoms. The second-order valence-corrected chi connectivity index (χ2v) is 3.05. The molecule has 0 atom stereocenters.